The highest BCUT2D eigenvalue weighted by Crippen LogP contribution is 2.24. The molecule has 0 unspecified atom stereocenters. The Kier molecular flexibility index (Phi) is 6.15. The Hall–Kier alpha value is -1.79. The molecule has 1 fully saturated rings. The highest BCUT2D eigenvalue weighted by Gasteiger charge is 2.21. The number of thiazole rings is 1. The first-order valence-electron chi connectivity index (χ1n) is 8.98. The molecule has 0 bridgehead atoms. The van der Waals surface area contributed by atoms with Crippen molar-refractivity contribution in [2.24, 2.45) is 11.8 Å². The number of hydrogen-bond donors (Lipinski definition) is 1. The number of aromatic nitrogens is 2. The summed E-state index contributed by atoms with van der Waals surface area (Å²) in [5.41, 5.74) is 0.996. The Morgan fingerprint density at radius 1 is 1.40 bits per heavy atom. The van der Waals surface area contributed by atoms with Crippen LogP contribution in [-0.2, 0) is 0 Å². The van der Waals surface area contributed by atoms with E-state index in [4.69, 9.17) is 0 Å². The molecule has 0 saturated carbocycles. The van der Waals surface area contributed by atoms with Gasteiger partial charge in [0.25, 0.3) is 5.91 Å². The van der Waals surface area contributed by atoms with Gasteiger partial charge in [0, 0.05) is 37.6 Å². The molecule has 1 saturated heterocycles. The fourth-order valence-corrected chi connectivity index (χ4v) is 4.17. The van der Waals surface area contributed by atoms with Crippen LogP contribution in [0.25, 0.3) is 10.6 Å². The average Bonchev–Trinajstić information content (AvgIpc) is 3.10. The molecular formula is C19H26N4OS. The third kappa shape index (κ3) is 5.09. The van der Waals surface area contributed by atoms with E-state index >= 15 is 0 Å². The number of nitrogens with zero attached hydrogens (tertiary/aromatic N) is 3. The summed E-state index contributed by atoms with van der Waals surface area (Å²) in [7, 11) is 0. The quantitative estimate of drug-likeness (QED) is 0.861. The summed E-state index contributed by atoms with van der Waals surface area (Å²) in [6.45, 7) is 8.69. The number of likely N-dealkylation sites (tertiary alicyclic amines) is 1. The maximum atomic E-state index is 12.4. The van der Waals surface area contributed by atoms with Crippen molar-refractivity contribution in [3.63, 3.8) is 0 Å². The van der Waals surface area contributed by atoms with Gasteiger partial charge in [0.15, 0.2) is 0 Å². The summed E-state index contributed by atoms with van der Waals surface area (Å²) < 4.78 is 0. The van der Waals surface area contributed by atoms with E-state index in [0.29, 0.717) is 16.7 Å². The van der Waals surface area contributed by atoms with Gasteiger partial charge in [-0.25, -0.2) is 4.98 Å². The van der Waals surface area contributed by atoms with Crippen LogP contribution in [0.1, 0.15) is 36.4 Å². The van der Waals surface area contributed by atoms with Crippen molar-refractivity contribution >= 4 is 17.2 Å². The van der Waals surface area contributed by atoms with Gasteiger partial charge in [-0.05, 0) is 43.4 Å². The van der Waals surface area contributed by atoms with Gasteiger partial charge >= 0.3 is 0 Å². The molecule has 0 spiro atoms. The molecule has 2 aromatic rings. The predicted molar refractivity (Wildman–Crippen MR) is 102 cm³/mol. The van der Waals surface area contributed by atoms with Crippen molar-refractivity contribution in [3.8, 4) is 10.6 Å². The molecule has 1 aliphatic rings. The summed E-state index contributed by atoms with van der Waals surface area (Å²) in [6.07, 6.45) is 7.56. The van der Waals surface area contributed by atoms with Crippen molar-refractivity contribution in [2.75, 3.05) is 26.2 Å². The van der Waals surface area contributed by atoms with E-state index in [1.165, 1.54) is 30.7 Å². The molecule has 1 aliphatic heterocycles. The average molecular weight is 359 g/mol. The predicted octanol–water partition coefficient (Wildman–Crippen LogP) is 3.30. The first kappa shape index (κ1) is 18.0. The van der Waals surface area contributed by atoms with Gasteiger partial charge in [-0.3, -0.25) is 9.78 Å². The second kappa shape index (κ2) is 8.54. The van der Waals surface area contributed by atoms with Crippen LogP contribution in [0.5, 0.6) is 0 Å². The minimum atomic E-state index is -0.0150. The molecule has 6 heteroatoms. The van der Waals surface area contributed by atoms with Gasteiger partial charge in [-0.15, -0.1) is 11.3 Å². The molecule has 3 rings (SSSR count). The SMILES string of the molecule is CC(C)CN1CCC[C@H](CNC(=O)c2cnc(-c3ccncc3)s2)C1. The molecule has 1 N–H and O–H groups in total. The molecule has 2 aromatic heterocycles. The van der Waals surface area contributed by atoms with E-state index in [1.54, 1.807) is 18.6 Å². The van der Waals surface area contributed by atoms with E-state index < -0.39 is 0 Å². The topological polar surface area (TPSA) is 58.1 Å². The van der Waals surface area contributed by atoms with Crippen LogP contribution in [0, 0.1) is 11.8 Å². The van der Waals surface area contributed by atoms with Crippen molar-refractivity contribution in [1.29, 1.82) is 0 Å². The lowest BCUT2D eigenvalue weighted by atomic mass is 9.97. The van der Waals surface area contributed by atoms with Gasteiger partial charge in [-0.1, -0.05) is 13.8 Å². The summed E-state index contributed by atoms with van der Waals surface area (Å²) in [5.74, 6) is 1.22. The second-order valence-electron chi connectivity index (χ2n) is 7.14. The van der Waals surface area contributed by atoms with Gasteiger partial charge in [-0.2, -0.15) is 0 Å². The largest absolute Gasteiger partial charge is 0.351 e. The molecule has 3 heterocycles. The molecule has 1 atom stereocenters. The van der Waals surface area contributed by atoms with Gasteiger partial charge in [0.05, 0.1) is 6.20 Å². The Bertz CT molecular complexity index is 686. The first-order chi connectivity index (χ1) is 12.1. The van der Waals surface area contributed by atoms with Crippen LogP contribution in [-0.4, -0.2) is 47.0 Å². The lowest BCUT2D eigenvalue weighted by Crippen LogP contribution is -2.42. The van der Waals surface area contributed by atoms with E-state index in [9.17, 15) is 4.79 Å². The van der Waals surface area contributed by atoms with Crippen LogP contribution in [0.2, 0.25) is 0 Å². The number of pyridine rings is 1. The Balaban J connectivity index is 1.52. The Morgan fingerprint density at radius 2 is 2.20 bits per heavy atom. The zero-order valence-electron chi connectivity index (χ0n) is 14.9. The van der Waals surface area contributed by atoms with E-state index in [1.807, 2.05) is 12.1 Å². The zero-order valence-corrected chi connectivity index (χ0v) is 15.8. The van der Waals surface area contributed by atoms with Gasteiger partial charge < -0.3 is 10.2 Å². The van der Waals surface area contributed by atoms with Crippen LogP contribution in [0.3, 0.4) is 0 Å². The molecule has 0 radical (unpaired) electrons. The Labute approximate surface area is 153 Å². The van der Waals surface area contributed by atoms with Crippen molar-refractivity contribution in [3.05, 3.63) is 35.6 Å². The second-order valence-corrected chi connectivity index (χ2v) is 8.17. The van der Waals surface area contributed by atoms with E-state index in [2.05, 4.69) is 34.0 Å². The van der Waals surface area contributed by atoms with Gasteiger partial charge in [0.1, 0.15) is 9.88 Å². The molecule has 5 nitrogen and oxygen atoms in total. The van der Waals surface area contributed by atoms with E-state index in [-0.39, 0.29) is 5.91 Å². The zero-order chi connectivity index (χ0) is 17.6. The normalized spacial score (nSPS) is 18.4. The summed E-state index contributed by atoms with van der Waals surface area (Å²) in [4.78, 5) is 24.0. The summed E-state index contributed by atoms with van der Waals surface area (Å²) in [6, 6.07) is 3.82. The molecule has 134 valence electrons. The fourth-order valence-electron chi connectivity index (χ4n) is 3.33. The molecular weight excluding hydrogens is 332 g/mol. The number of hydrogen-bond acceptors (Lipinski definition) is 5. The minimum absolute atomic E-state index is 0.0150. The summed E-state index contributed by atoms with van der Waals surface area (Å²) >= 11 is 1.43. The number of piperidine rings is 1. The fraction of sp³-hybridized carbons (Fsp3) is 0.526. The highest BCUT2D eigenvalue weighted by molar-refractivity contribution is 7.16. The summed E-state index contributed by atoms with van der Waals surface area (Å²) in [5, 5.41) is 3.95. The van der Waals surface area contributed by atoms with Crippen molar-refractivity contribution in [2.45, 2.75) is 26.7 Å². The molecule has 0 aliphatic carbocycles. The number of carbonyl (C=O) groups is 1. The number of rotatable bonds is 6. The lowest BCUT2D eigenvalue weighted by Gasteiger charge is -2.33. The number of carbonyl (C=O) groups excluding carboxylic acids is 1. The molecule has 1 amide bonds. The van der Waals surface area contributed by atoms with Crippen LogP contribution < -0.4 is 5.32 Å². The highest BCUT2D eigenvalue weighted by atomic mass is 32.1. The molecule has 0 aromatic carbocycles. The minimum Gasteiger partial charge on any atom is -0.351 e. The lowest BCUT2D eigenvalue weighted by molar-refractivity contribution is 0.0933. The third-order valence-corrected chi connectivity index (χ3v) is 5.48. The van der Waals surface area contributed by atoms with Crippen molar-refractivity contribution < 1.29 is 4.79 Å². The first-order valence-corrected chi connectivity index (χ1v) is 9.80. The van der Waals surface area contributed by atoms with Crippen LogP contribution in [0.4, 0.5) is 0 Å². The monoisotopic (exact) mass is 358 g/mol. The third-order valence-electron chi connectivity index (χ3n) is 4.43. The maximum Gasteiger partial charge on any atom is 0.263 e. The maximum absolute atomic E-state index is 12.4. The van der Waals surface area contributed by atoms with Crippen molar-refractivity contribution in [1.82, 2.24) is 20.2 Å². The number of amides is 1. The number of nitrogens with one attached hydrogen (secondary N) is 1. The van der Waals surface area contributed by atoms with Crippen LogP contribution in [0.15, 0.2) is 30.7 Å². The van der Waals surface area contributed by atoms with Crippen LogP contribution >= 0.6 is 11.3 Å². The Morgan fingerprint density at radius 3 is 2.96 bits per heavy atom. The smallest absolute Gasteiger partial charge is 0.263 e. The van der Waals surface area contributed by atoms with E-state index in [0.717, 1.165) is 30.2 Å². The molecule has 25 heavy (non-hydrogen) atoms. The van der Waals surface area contributed by atoms with Gasteiger partial charge in [0.2, 0.25) is 0 Å². The standard InChI is InChI=1S/C19H26N4OS/c1-14(2)12-23-9-3-4-15(13-23)10-21-18(24)17-11-22-19(25-17)16-5-7-20-8-6-16/h5-8,11,14-15H,3-4,9-10,12-13H2,1-2H3,(H,21,24)/t15-/m1/s1.